The molecule has 3 nitrogen and oxygen atoms in total. The first-order valence-corrected chi connectivity index (χ1v) is 7.39. The van der Waals surface area contributed by atoms with Crippen LogP contribution in [0.2, 0.25) is 0 Å². The fourth-order valence-corrected chi connectivity index (χ4v) is 3.69. The molecule has 100 valence electrons. The van der Waals surface area contributed by atoms with E-state index in [0.29, 0.717) is 16.7 Å². The molecule has 1 heterocycles. The average molecular weight is 268 g/mol. The summed E-state index contributed by atoms with van der Waals surface area (Å²) >= 11 is 1.38. The molecule has 0 amide bonds. The van der Waals surface area contributed by atoms with Gasteiger partial charge < -0.3 is 10.2 Å². The van der Waals surface area contributed by atoms with Gasteiger partial charge in [-0.1, -0.05) is 6.92 Å². The third-order valence-corrected chi connectivity index (χ3v) is 5.19. The minimum Gasteiger partial charge on any atom is -0.477 e. The van der Waals surface area contributed by atoms with E-state index in [1.807, 2.05) is 6.07 Å². The Morgan fingerprint density at radius 2 is 2.22 bits per heavy atom. The van der Waals surface area contributed by atoms with Gasteiger partial charge in [-0.3, -0.25) is 0 Å². The molecular formula is C14H20O3S. The van der Waals surface area contributed by atoms with Crippen LogP contribution >= 0.6 is 11.3 Å². The minimum atomic E-state index is -0.834. The Hall–Kier alpha value is -0.870. The lowest BCUT2D eigenvalue weighted by atomic mass is 9.91. The number of aromatic carboxylic acids is 1. The molecule has 2 rings (SSSR count). The summed E-state index contributed by atoms with van der Waals surface area (Å²) in [5.41, 5.74) is 0. The minimum absolute atomic E-state index is 0.115. The normalized spacial score (nSPS) is 27.6. The van der Waals surface area contributed by atoms with Crippen molar-refractivity contribution in [3.8, 4) is 0 Å². The van der Waals surface area contributed by atoms with Crippen molar-refractivity contribution in [3.05, 3.63) is 21.9 Å². The predicted molar refractivity (Wildman–Crippen MR) is 72.1 cm³/mol. The highest BCUT2D eigenvalue weighted by molar-refractivity contribution is 7.13. The number of aliphatic hydroxyl groups is 1. The Morgan fingerprint density at radius 3 is 2.78 bits per heavy atom. The van der Waals surface area contributed by atoms with E-state index in [4.69, 9.17) is 5.11 Å². The third-order valence-electron chi connectivity index (χ3n) is 4.05. The van der Waals surface area contributed by atoms with Gasteiger partial charge in [0.15, 0.2) is 0 Å². The molecule has 0 aromatic carbocycles. The summed E-state index contributed by atoms with van der Waals surface area (Å²) in [6.45, 7) is 2.13. The first kappa shape index (κ1) is 13.6. The van der Waals surface area contributed by atoms with Crippen LogP contribution in [0.1, 0.15) is 47.2 Å². The summed E-state index contributed by atoms with van der Waals surface area (Å²) in [5.74, 6) is 0.223. The van der Waals surface area contributed by atoms with Gasteiger partial charge in [0.2, 0.25) is 0 Å². The highest BCUT2D eigenvalue weighted by Crippen LogP contribution is 2.35. The maximum atomic E-state index is 10.8. The summed E-state index contributed by atoms with van der Waals surface area (Å²) in [6.07, 6.45) is 5.13. The topological polar surface area (TPSA) is 57.5 Å². The molecule has 4 heteroatoms. The van der Waals surface area contributed by atoms with Crippen molar-refractivity contribution in [1.82, 2.24) is 0 Å². The zero-order chi connectivity index (χ0) is 13.1. The number of hydrogen-bond acceptors (Lipinski definition) is 3. The molecule has 1 aliphatic carbocycles. The van der Waals surface area contributed by atoms with Crippen LogP contribution in [0.4, 0.5) is 0 Å². The quantitative estimate of drug-likeness (QED) is 0.862. The zero-order valence-corrected chi connectivity index (χ0v) is 11.4. The number of rotatable bonds is 5. The molecule has 2 N–H and O–H groups in total. The lowest BCUT2D eigenvalue weighted by Gasteiger charge is -2.16. The van der Waals surface area contributed by atoms with Gasteiger partial charge in [0.25, 0.3) is 0 Å². The monoisotopic (exact) mass is 268 g/mol. The largest absolute Gasteiger partial charge is 0.477 e. The molecule has 18 heavy (non-hydrogen) atoms. The molecular weight excluding hydrogens is 248 g/mol. The van der Waals surface area contributed by atoms with Crippen LogP contribution in [0, 0.1) is 11.8 Å². The Morgan fingerprint density at radius 1 is 1.44 bits per heavy atom. The van der Waals surface area contributed by atoms with Crippen LogP contribution in [0.25, 0.3) is 0 Å². The van der Waals surface area contributed by atoms with E-state index in [0.717, 1.165) is 37.0 Å². The van der Waals surface area contributed by atoms with Gasteiger partial charge in [0.1, 0.15) is 4.88 Å². The van der Waals surface area contributed by atoms with Gasteiger partial charge in [-0.25, -0.2) is 4.79 Å². The summed E-state index contributed by atoms with van der Waals surface area (Å²) in [6, 6.07) is 3.60. The van der Waals surface area contributed by atoms with E-state index < -0.39 is 5.97 Å². The number of carboxylic acid groups (broad SMARTS) is 1. The van der Waals surface area contributed by atoms with Crippen molar-refractivity contribution in [1.29, 1.82) is 0 Å². The summed E-state index contributed by atoms with van der Waals surface area (Å²) in [5, 5.41) is 18.5. The molecule has 1 aromatic heterocycles. The van der Waals surface area contributed by atoms with Crippen LogP contribution < -0.4 is 0 Å². The number of aryl methyl sites for hydroxylation is 1. The van der Waals surface area contributed by atoms with Gasteiger partial charge in [0, 0.05) is 4.88 Å². The van der Waals surface area contributed by atoms with Crippen LogP contribution in [0.3, 0.4) is 0 Å². The van der Waals surface area contributed by atoms with E-state index in [1.165, 1.54) is 11.3 Å². The SMILES string of the molecule is CC1C(O)CCC1CCCc1ccc(C(=O)O)s1. The van der Waals surface area contributed by atoms with Crippen molar-refractivity contribution in [2.45, 2.75) is 45.1 Å². The van der Waals surface area contributed by atoms with Crippen molar-refractivity contribution in [2.75, 3.05) is 0 Å². The lowest BCUT2D eigenvalue weighted by molar-refractivity contribution is 0.0702. The van der Waals surface area contributed by atoms with Crippen LogP contribution in [0.5, 0.6) is 0 Å². The maximum Gasteiger partial charge on any atom is 0.345 e. The van der Waals surface area contributed by atoms with Gasteiger partial charge in [-0.05, 0) is 56.1 Å². The van der Waals surface area contributed by atoms with Crippen LogP contribution in [-0.4, -0.2) is 22.3 Å². The Kier molecular flexibility index (Phi) is 4.40. The van der Waals surface area contributed by atoms with Crippen molar-refractivity contribution >= 4 is 17.3 Å². The van der Waals surface area contributed by atoms with Crippen molar-refractivity contribution in [3.63, 3.8) is 0 Å². The molecule has 0 bridgehead atoms. The molecule has 3 atom stereocenters. The molecule has 0 spiro atoms. The van der Waals surface area contributed by atoms with E-state index in [9.17, 15) is 9.90 Å². The fraction of sp³-hybridized carbons (Fsp3) is 0.643. The highest BCUT2D eigenvalue weighted by atomic mass is 32.1. The molecule has 1 aliphatic rings. The molecule has 0 radical (unpaired) electrons. The Balaban J connectivity index is 1.76. The van der Waals surface area contributed by atoms with E-state index >= 15 is 0 Å². The van der Waals surface area contributed by atoms with Crippen LogP contribution in [-0.2, 0) is 6.42 Å². The van der Waals surface area contributed by atoms with Crippen molar-refractivity contribution < 1.29 is 15.0 Å². The third kappa shape index (κ3) is 3.12. The molecule has 0 aliphatic heterocycles. The summed E-state index contributed by atoms with van der Waals surface area (Å²) in [4.78, 5) is 12.3. The molecule has 1 saturated carbocycles. The second-order valence-corrected chi connectivity index (χ2v) is 6.40. The average Bonchev–Trinajstić information content (AvgIpc) is 2.91. The Labute approximate surface area is 111 Å². The summed E-state index contributed by atoms with van der Waals surface area (Å²) in [7, 11) is 0. The fourth-order valence-electron chi connectivity index (χ4n) is 2.80. The maximum absolute atomic E-state index is 10.8. The molecule has 0 saturated heterocycles. The number of thiophene rings is 1. The van der Waals surface area contributed by atoms with E-state index in [1.54, 1.807) is 6.07 Å². The van der Waals surface area contributed by atoms with E-state index in [-0.39, 0.29) is 6.10 Å². The molecule has 3 unspecified atom stereocenters. The molecule has 1 fully saturated rings. The van der Waals surface area contributed by atoms with Gasteiger partial charge in [-0.15, -0.1) is 11.3 Å². The zero-order valence-electron chi connectivity index (χ0n) is 10.6. The highest BCUT2D eigenvalue weighted by Gasteiger charge is 2.30. The standard InChI is InChI=1S/C14H20O3S/c1-9-10(5-7-12(9)15)3-2-4-11-6-8-13(18-11)14(16)17/h6,8-10,12,15H,2-5,7H2,1H3,(H,16,17). The first-order valence-electron chi connectivity index (χ1n) is 6.58. The second-order valence-electron chi connectivity index (χ2n) is 5.23. The lowest BCUT2D eigenvalue weighted by Crippen LogP contribution is -2.15. The smallest absolute Gasteiger partial charge is 0.345 e. The number of carboxylic acids is 1. The van der Waals surface area contributed by atoms with Gasteiger partial charge in [0.05, 0.1) is 6.10 Å². The van der Waals surface area contributed by atoms with Gasteiger partial charge in [-0.2, -0.15) is 0 Å². The number of carbonyl (C=O) groups is 1. The molecule has 1 aromatic rings. The van der Waals surface area contributed by atoms with E-state index in [2.05, 4.69) is 6.92 Å². The number of hydrogen-bond donors (Lipinski definition) is 2. The second kappa shape index (κ2) is 5.85. The first-order chi connectivity index (χ1) is 8.58. The predicted octanol–water partition coefficient (Wildman–Crippen LogP) is 3.18. The Bertz CT molecular complexity index is 413. The van der Waals surface area contributed by atoms with Crippen LogP contribution in [0.15, 0.2) is 12.1 Å². The number of aliphatic hydroxyl groups excluding tert-OH is 1. The van der Waals surface area contributed by atoms with Crippen molar-refractivity contribution in [2.24, 2.45) is 11.8 Å². The summed E-state index contributed by atoms with van der Waals surface area (Å²) < 4.78 is 0. The van der Waals surface area contributed by atoms with Gasteiger partial charge >= 0.3 is 5.97 Å².